The van der Waals surface area contributed by atoms with E-state index in [1.54, 1.807) is 17.2 Å². The zero-order chi connectivity index (χ0) is 27.0. The van der Waals surface area contributed by atoms with E-state index in [0.29, 0.717) is 55.4 Å². The Bertz CT molecular complexity index is 1530. The SMILES string of the molecule is C=CC(=O)N1CCN(c2nc(NCCN(C)I)nc3c(F)c(-c4c(C)ccc5[nH]ncc45)c(Cl)cc23)CC1. The van der Waals surface area contributed by atoms with Crippen LogP contribution >= 0.6 is 34.5 Å². The minimum Gasteiger partial charge on any atom is -0.353 e. The maximum Gasteiger partial charge on any atom is 0.246 e. The zero-order valence-corrected chi connectivity index (χ0v) is 24.0. The Labute approximate surface area is 238 Å². The van der Waals surface area contributed by atoms with Crippen LogP contribution in [0.2, 0.25) is 5.02 Å². The molecular formula is C26H27ClFIN8O. The van der Waals surface area contributed by atoms with Gasteiger partial charge in [0.1, 0.15) is 11.3 Å². The largest absolute Gasteiger partial charge is 0.353 e. The number of likely N-dealkylation sites (N-methyl/N-ethyl adjacent to an activating group) is 1. The predicted octanol–water partition coefficient (Wildman–Crippen LogP) is 4.80. The van der Waals surface area contributed by atoms with E-state index in [4.69, 9.17) is 16.6 Å². The summed E-state index contributed by atoms with van der Waals surface area (Å²) < 4.78 is 18.5. The van der Waals surface area contributed by atoms with Gasteiger partial charge in [-0.15, -0.1) is 0 Å². The topological polar surface area (TPSA) is 93.3 Å². The Kier molecular flexibility index (Phi) is 7.68. The number of H-pyrrole nitrogens is 1. The third-order valence-electron chi connectivity index (χ3n) is 6.71. The first-order valence-corrected chi connectivity index (χ1v) is 13.5. The molecule has 0 atom stereocenters. The van der Waals surface area contributed by atoms with Crippen LogP contribution in [0.1, 0.15) is 5.56 Å². The van der Waals surface area contributed by atoms with Gasteiger partial charge in [-0.05, 0) is 37.7 Å². The maximum absolute atomic E-state index is 16.5. The van der Waals surface area contributed by atoms with Crippen LogP contribution in [-0.4, -0.2) is 80.4 Å². The molecule has 0 unspecified atom stereocenters. The predicted molar refractivity (Wildman–Crippen MR) is 158 cm³/mol. The lowest BCUT2D eigenvalue weighted by atomic mass is 9.95. The van der Waals surface area contributed by atoms with Gasteiger partial charge in [-0.2, -0.15) is 10.1 Å². The number of fused-ring (bicyclic) bond motifs is 2. The van der Waals surface area contributed by atoms with Gasteiger partial charge in [-0.3, -0.25) is 9.89 Å². The number of carbonyl (C=O) groups is 1. The van der Waals surface area contributed by atoms with E-state index < -0.39 is 5.82 Å². The van der Waals surface area contributed by atoms with Crippen LogP contribution in [0, 0.1) is 12.7 Å². The fourth-order valence-corrected chi connectivity index (χ4v) is 5.30. The van der Waals surface area contributed by atoms with E-state index in [-0.39, 0.29) is 22.0 Å². The Morgan fingerprint density at radius 2 is 2.03 bits per heavy atom. The summed E-state index contributed by atoms with van der Waals surface area (Å²) in [5.41, 5.74) is 2.82. The Hall–Kier alpha value is -3.03. The molecule has 0 bridgehead atoms. The van der Waals surface area contributed by atoms with Crippen LogP contribution < -0.4 is 10.2 Å². The van der Waals surface area contributed by atoms with Gasteiger partial charge >= 0.3 is 0 Å². The number of halogens is 3. The molecule has 2 N–H and O–H groups in total. The molecule has 1 amide bonds. The number of nitrogens with one attached hydrogen (secondary N) is 2. The molecular weight excluding hydrogens is 622 g/mol. The van der Waals surface area contributed by atoms with E-state index in [0.717, 1.165) is 23.0 Å². The number of amides is 1. The van der Waals surface area contributed by atoms with Gasteiger partial charge < -0.3 is 15.1 Å². The average molecular weight is 649 g/mol. The summed E-state index contributed by atoms with van der Waals surface area (Å²) in [5.74, 6) is 0.296. The number of hydrogen-bond acceptors (Lipinski definition) is 7. The van der Waals surface area contributed by atoms with Crippen molar-refractivity contribution in [3.05, 3.63) is 53.5 Å². The summed E-state index contributed by atoms with van der Waals surface area (Å²) in [6.45, 7) is 8.93. The van der Waals surface area contributed by atoms with Crippen molar-refractivity contribution in [2.24, 2.45) is 0 Å². The van der Waals surface area contributed by atoms with Crippen LogP contribution in [-0.2, 0) is 4.79 Å². The third kappa shape index (κ3) is 5.02. The summed E-state index contributed by atoms with van der Waals surface area (Å²) in [7, 11) is 1.96. The normalized spacial score (nSPS) is 14.1. The molecule has 1 fully saturated rings. The molecule has 4 aromatic rings. The molecule has 1 aliphatic rings. The Morgan fingerprint density at radius 3 is 2.74 bits per heavy atom. The first-order chi connectivity index (χ1) is 18.3. The highest BCUT2D eigenvalue weighted by molar-refractivity contribution is 14.1. The van der Waals surface area contributed by atoms with Crippen molar-refractivity contribution >= 4 is 73.9 Å². The maximum atomic E-state index is 16.5. The molecule has 9 nitrogen and oxygen atoms in total. The molecule has 1 aliphatic heterocycles. The Morgan fingerprint density at radius 1 is 1.26 bits per heavy atom. The molecule has 0 radical (unpaired) electrons. The van der Waals surface area contributed by atoms with Crippen molar-refractivity contribution in [2.75, 3.05) is 56.5 Å². The second kappa shape index (κ2) is 11.0. The summed E-state index contributed by atoms with van der Waals surface area (Å²) in [6.07, 6.45) is 3.00. The monoisotopic (exact) mass is 648 g/mol. The summed E-state index contributed by atoms with van der Waals surface area (Å²) in [5, 5.41) is 11.9. The number of piperazine rings is 1. The lowest BCUT2D eigenvalue weighted by Gasteiger charge is -2.35. The van der Waals surface area contributed by atoms with E-state index in [9.17, 15) is 4.79 Å². The Balaban J connectivity index is 1.65. The van der Waals surface area contributed by atoms with Crippen LogP contribution in [0.15, 0.2) is 37.1 Å². The van der Waals surface area contributed by atoms with E-state index >= 15 is 4.39 Å². The molecule has 0 saturated carbocycles. The third-order valence-corrected chi connectivity index (χ3v) is 7.49. The number of aromatic amines is 1. The molecule has 0 aliphatic carbocycles. The van der Waals surface area contributed by atoms with Gasteiger partial charge in [-0.25, -0.2) is 12.5 Å². The number of hydrogen-bond donors (Lipinski definition) is 2. The molecule has 5 rings (SSSR count). The van der Waals surface area contributed by atoms with Gasteiger partial charge in [0.25, 0.3) is 0 Å². The van der Waals surface area contributed by atoms with E-state index in [1.165, 1.54) is 6.08 Å². The van der Waals surface area contributed by atoms with Gasteiger partial charge in [0, 0.05) is 84.0 Å². The van der Waals surface area contributed by atoms with Crippen LogP contribution in [0.25, 0.3) is 32.9 Å². The van der Waals surface area contributed by atoms with Gasteiger partial charge in [0.15, 0.2) is 5.82 Å². The number of nitrogens with zero attached hydrogens (tertiary/aromatic N) is 6. The van der Waals surface area contributed by atoms with Crippen LogP contribution in [0.5, 0.6) is 0 Å². The first kappa shape index (κ1) is 26.6. The molecule has 0 spiro atoms. The number of benzene rings is 2. The summed E-state index contributed by atoms with van der Waals surface area (Å²) in [6, 6.07) is 5.57. The van der Waals surface area contributed by atoms with Crippen molar-refractivity contribution < 1.29 is 9.18 Å². The fourth-order valence-electron chi connectivity index (χ4n) is 4.78. The molecule has 12 heteroatoms. The number of aromatic nitrogens is 4. The molecule has 1 saturated heterocycles. The van der Waals surface area contributed by atoms with Crippen LogP contribution in [0.4, 0.5) is 16.2 Å². The number of anilines is 2. The minimum absolute atomic E-state index is 0.106. The highest BCUT2D eigenvalue weighted by atomic mass is 127. The highest BCUT2D eigenvalue weighted by Gasteiger charge is 2.26. The van der Waals surface area contributed by atoms with Gasteiger partial charge in [0.2, 0.25) is 11.9 Å². The van der Waals surface area contributed by atoms with Crippen molar-refractivity contribution in [1.29, 1.82) is 0 Å². The second-order valence-corrected chi connectivity index (χ2v) is 11.2. The molecule has 2 aromatic carbocycles. The lowest BCUT2D eigenvalue weighted by molar-refractivity contribution is -0.126. The zero-order valence-electron chi connectivity index (χ0n) is 21.1. The standard InChI is InChI=1S/C26H27ClFIN8O/c1-4-20(38)36-9-11-37(12-10-36)25-16-13-18(27)22(21-15(2)5-6-19-17(21)14-31-34-19)23(28)24(16)32-26(33-25)30-7-8-35(3)29/h4-6,13-14H,1,7-12H2,2-3H3,(H,31,34)(H,30,32,33). The molecule has 2 aromatic heterocycles. The van der Waals surface area contributed by atoms with Crippen molar-refractivity contribution in [2.45, 2.75) is 6.92 Å². The fraction of sp³-hybridized carbons (Fsp3) is 0.308. The first-order valence-electron chi connectivity index (χ1n) is 12.2. The second-order valence-electron chi connectivity index (χ2n) is 9.17. The quantitative estimate of drug-likeness (QED) is 0.169. The van der Waals surface area contributed by atoms with Crippen molar-refractivity contribution in [1.82, 2.24) is 28.2 Å². The summed E-state index contributed by atoms with van der Waals surface area (Å²) in [4.78, 5) is 25.2. The smallest absolute Gasteiger partial charge is 0.246 e. The van der Waals surface area contributed by atoms with Crippen LogP contribution in [0.3, 0.4) is 0 Å². The van der Waals surface area contributed by atoms with E-state index in [1.807, 2.05) is 34.1 Å². The van der Waals surface area contributed by atoms with Gasteiger partial charge in [0.05, 0.1) is 16.7 Å². The molecule has 38 heavy (non-hydrogen) atoms. The molecule has 198 valence electrons. The highest BCUT2D eigenvalue weighted by Crippen LogP contribution is 2.42. The van der Waals surface area contributed by atoms with Gasteiger partial charge in [-0.1, -0.05) is 24.2 Å². The van der Waals surface area contributed by atoms with Crippen molar-refractivity contribution in [3.8, 4) is 11.1 Å². The average Bonchev–Trinajstić information content (AvgIpc) is 3.38. The summed E-state index contributed by atoms with van der Waals surface area (Å²) >= 11 is 9.01. The number of rotatable bonds is 7. The number of carbonyl (C=O) groups excluding carboxylic acids is 1. The lowest BCUT2D eigenvalue weighted by Crippen LogP contribution is -2.48. The van der Waals surface area contributed by atoms with E-state index in [2.05, 4.69) is 49.9 Å². The number of aryl methyl sites for hydroxylation is 1. The molecule has 3 heterocycles. The van der Waals surface area contributed by atoms with Crippen molar-refractivity contribution in [3.63, 3.8) is 0 Å². The minimum atomic E-state index is -0.512.